The molecule has 2 aromatic rings. The molecular formula is C22H24N2O2. The minimum absolute atomic E-state index is 0.241. The molecule has 134 valence electrons. The van der Waals surface area contributed by atoms with Gasteiger partial charge >= 0.3 is 6.01 Å². The molecular weight excluding hydrogens is 324 g/mol. The number of carbonyl (C=O) groups excluding carboxylic acids is 1. The van der Waals surface area contributed by atoms with E-state index in [0.717, 1.165) is 12.0 Å². The average molecular weight is 348 g/mol. The molecule has 1 heterocycles. The predicted octanol–water partition coefficient (Wildman–Crippen LogP) is 3.82. The first-order valence-corrected chi connectivity index (χ1v) is 9.15. The molecule has 4 heteroatoms. The van der Waals surface area contributed by atoms with E-state index in [-0.39, 0.29) is 5.78 Å². The maximum absolute atomic E-state index is 11.2. The number of rotatable bonds is 7. The molecule has 0 radical (unpaired) electrons. The van der Waals surface area contributed by atoms with Crippen LogP contribution in [0.25, 0.3) is 0 Å². The Kier molecular flexibility index (Phi) is 6.01. The summed E-state index contributed by atoms with van der Waals surface area (Å²) in [7, 11) is 0. The highest BCUT2D eigenvalue weighted by Crippen LogP contribution is 2.28. The van der Waals surface area contributed by atoms with E-state index >= 15 is 0 Å². The zero-order valence-electron chi connectivity index (χ0n) is 15.4. The van der Waals surface area contributed by atoms with Crippen LogP contribution in [-0.2, 0) is 11.2 Å². The highest BCUT2D eigenvalue weighted by Gasteiger charge is 2.22. The van der Waals surface area contributed by atoms with E-state index in [1.807, 2.05) is 12.1 Å². The Balaban J connectivity index is 1.59. The van der Waals surface area contributed by atoms with Gasteiger partial charge in [-0.2, -0.15) is 4.98 Å². The summed E-state index contributed by atoms with van der Waals surface area (Å²) in [6, 6.07) is 10.4. The molecule has 1 aliphatic rings. The van der Waals surface area contributed by atoms with Crippen LogP contribution in [-0.4, -0.2) is 22.4 Å². The highest BCUT2D eigenvalue weighted by molar-refractivity contribution is 5.75. The van der Waals surface area contributed by atoms with Crippen molar-refractivity contribution in [1.82, 2.24) is 9.97 Å². The number of hydrogen-bond donors (Lipinski definition) is 0. The van der Waals surface area contributed by atoms with Crippen LogP contribution in [0.1, 0.15) is 49.9 Å². The standard InChI is InChI=1S/C22H24N2O2/c1-16(13-17(2)25)14-19-5-3-18(4-6-19)9-10-21-11-12-23-22(24-21)26-15-20-7-8-20/h3-6,11-12,16,20H,7-8,13-15H2,1-2H3. The lowest BCUT2D eigenvalue weighted by Gasteiger charge is -2.09. The summed E-state index contributed by atoms with van der Waals surface area (Å²) in [5.74, 6) is 7.47. The third-order valence-electron chi connectivity index (χ3n) is 4.29. The Morgan fingerprint density at radius 3 is 2.69 bits per heavy atom. The summed E-state index contributed by atoms with van der Waals surface area (Å²) in [6.07, 6.45) is 5.69. The predicted molar refractivity (Wildman–Crippen MR) is 101 cm³/mol. The zero-order chi connectivity index (χ0) is 18.4. The molecule has 1 aromatic heterocycles. The summed E-state index contributed by atoms with van der Waals surface area (Å²) in [5.41, 5.74) is 2.82. The maximum atomic E-state index is 11.2. The van der Waals surface area contributed by atoms with Gasteiger partial charge in [-0.15, -0.1) is 0 Å². The number of ether oxygens (including phenoxy) is 1. The normalized spacial score (nSPS) is 14.2. The number of nitrogens with zero attached hydrogens (tertiary/aromatic N) is 2. The molecule has 0 bridgehead atoms. The van der Waals surface area contributed by atoms with Crippen LogP contribution >= 0.6 is 0 Å². The number of benzene rings is 1. The summed E-state index contributed by atoms with van der Waals surface area (Å²) in [4.78, 5) is 19.6. The first kappa shape index (κ1) is 18.1. The minimum atomic E-state index is 0.241. The van der Waals surface area contributed by atoms with Crippen molar-refractivity contribution in [3.05, 3.63) is 53.3 Å². The van der Waals surface area contributed by atoms with Crippen molar-refractivity contribution in [3.8, 4) is 17.9 Å². The van der Waals surface area contributed by atoms with Crippen LogP contribution in [0.15, 0.2) is 36.5 Å². The van der Waals surface area contributed by atoms with Gasteiger partial charge in [-0.25, -0.2) is 4.98 Å². The van der Waals surface area contributed by atoms with Crippen LogP contribution in [0.4, 0.5) is 0 Å². The van der Waals surface area contributed by atoms with Gasteiger partial charge in [0.05, 0.1) is 6.61 Å². The lowest BCUT2D eigenvalue weighted by atomic mass is 9.96. The summed E-state index contributed by atoms with van der Waals surface area (Å²) < 4.78 is 5.59. The quantitative estimate of drug-likeness (QED) is 0.714. The van der Waals surface area contributed by atoms with E-state index in [1.54, 1.807) is 19.2 Å². The SMILES string of the molecule is CC(=O)CC(C)Cc1ccc(C#Cc2ccnc(OCC3CC3)n2)cc1. The second-order valence-corrected chi connectivity index (χ2v) is 7.14. The molecule has 1 saturated carbocycles. The van der Waals surface area contributed by atoms with Gasteiger partial charge in [0, 0.05) is 18.2 Å². The summed E-state index contributed by atoms with van der Waals surface area (Å²) >= 11 is 0. The molecule has 1 aromatic carbocycles. The highest BCUT2D eigenvalue weighted by atomic mass is 16.5. The number of Topliss-reactive ketones (excluding diaryl/α,β-unsaturated/α-hetero) is 1. The Morgan fingerprint density at radius 2 is 2.00 bits per heavy atom. The van der Waals surface area contributed by atoms with Gasteiger partial charge in [0.2, 0.25) is 0 Å². The smallest absolute Gasteiger partial charge is 0.317 e. The molecule has 0 saturated heterocycles. The van der Waals surface area contributed by atoms with Gasteiger partial charge in [0.1, 0.15) is 11.5 Å². The van der Waals surface area contributed by atoms with Gasteiger partial charge in [-0.3, -0.25) is 0 Å². The van der Waals surface area contributed by atoms with Crippen molar-refractivity contribution in [1.29, 1.82) is 0 Å². The second-order valence-electron chi connectivity index (χ2n) is 7.14. The first-order chi connectivity index (χ1) is 12.6. The number of carbonyl (C=O) groups is 1. The number of hydrogen-bond acceptors (Lipinski definition) is 4. The van der Waals surface area contributed by atoms with E-state index in [1.165, 1.54) is 18.4 Å². The first-order valence-electron chi connectivity index (χ1n) is 9.15. The molecule has 4 nitrogen and oxygen atoms in total. The fourth-order valence-corrected chi connectivity index (χ4v) is 2.78. The van der Waals surface area contributed by atoms with Gasteiger partial charge in [-0.05, 0) is 67.7 Å². The Morgan fingerprint density at radius 1 is 1.23 bits per heavy atom. The number of ketones is 1. The van der Waals surface area contributed by atoms with E-state index in [0.29, 0.717) is 36.6 Å². The fraction of sp³-hybridized carbons (Fsp3) is 0.409. The molecule has 1 unspecified atom stereocenters. The van der Waals surface area contributed by atoms with Crippen LogP contribution in [0, 0.1) is 23.7 Å². The van der Waals surface area contributed by atoms with Crippen molar-refractivity contribution in [2.24, 2.45) is 11.8 Å². The molecule has 1 aliphatic carbocycles. The lowest BCUT2D eigenvalue weighted by molar-refractivity contribution is -0.117. The van der Waals surface area contributed by atoms with Crippen molar-refractivity contribution >= 4 is 5.78 Å². The van der Waals surface area contributed by atoms with Crippen molar-refractivity contribution < 1.29 is 9.53 Å². The van der Waals surface area contributed by atoms with Crippen molar-refractivity contribution in [2.75, 3.05) is 6.61 Å². The van der Waals surface area contributed by atoms with E-state index < -0.39 is 0 Å². The summed E-state index contributed by atoms with van der Waals surface area (Å²) in [6.45, 7) is 4.44. The van der Waals surface area contributed by atoms with E-state index in [4.69, 9.17) is 4.74 Å². The third kappa shape index (κ3) is 6.00. The maximum Gasteiger partial charge on any atom is 0.317 e. The molecule has 1 atom stereocenters. The number of aromatic nitrogens is 2. The topological polar surface area (TPSA) is 52.1 Å². The Bertz CT molecular complexity index is 814. The van der Waals surface area contributed by atoms with Crippen LogP contribution in [0.3, 0.4) is 0 Å². The molecule has 0 aliphatic heterocycles. The van der Waals surface area contributed by atoms with Crippen LogP contribution in [0.2, 0.25) is 0 Å². The molecule has 0 amide bonds. The Hall–Kier alpha value is -2.67. The monoisotopic (exact) mass is 348 g/mol. The molecule has 1 fully saturated rings. The largest absolute Gasteiger partial charge is 0.463 e. The minimum Gasteiger partial charge on any atom is -0.463 e. The Labute approximate surface area is 155 Å². The average Bonchev–Trinajstić information content (AvgIpc) is 3.43. The van der Waals surface area contributed by atoms with Gasteiger partial charge < -0.3 is 9.53 Å². The van der Waals surface area contributed by atoms with E-state index in [2.05, 4.69) is 40.9 Å². The zero-order valence-corrected chi connectivity index (χ0v) is 15.4. The third-order valence-corrected chi connectivity index (χ3v) is 4.29. The summed E-state index contributed by atoms with van der Waals surface area (Å²) in [5, 5.41) is 0. The molecule has 26 heavy (non-hydrogen) atoms. The van der Waals surface area contributed by atoms with Gasteiger partial charge in [0.25, 0.3) is 0 Å². The fourth-order valence-electron chi connectivity index (χ4n) is 2.78. The second kappa shape index (κ2) is 8.62. The molecule has 0 N–H and O–H groups in total. The lowest BCUT2D eigenvalue weighted by Crippen LogP contribution is -2.04. The van der Waals surface area contributed by atoms with Gasteiger partial charge in [-0.1, -0.05) is 25.0 Å². The molecule has 0 spiro atoms. The van der Waals surface area contributed by atoms with Crippen LogP contribution < -0.4 is 4.74 Å². The molecule has 3 rings (SSSR count). The van der Waals surface area contributed by atoms with E-state index in [9.17, 15) is 4.79 Å². The van der Waals surface area contributed by atoms with Crippen molar-refractivity contribution in [2.45, 2.75) is 39.5 Å². The van der Waals surface area contributed by atoms with Crippen molar-refractivity contribution in [3.63, 3.8) is 0 Å². The van der Waals surface area contributed by atoms with Gasteiger partial charge in [0.15, 0.2) is 0 Å². The van der Waals surface area contributed by atoms with Crippen LogP contribution in [0.5, 0.6) is 6.01 Å².